The van der Waals surface area contributed by atoms with Crippen molar-refractivity contribution in [3.05, 3.63) is 182 Å². The molecule has 0 amide bonds. The van der Waals surface area contributed by atoms with Crippen molar-refractivity contribution in [1.29, 1.82) is 0 Å². The Balaban J connectivity index is 1.16. The van der Waals surface area contributed by atoms with Crippen LogP contribution in [-0.4, -0.2) is 19.5 Å². The van der Waals surface area contributed by atoms with Crippen LogP contribution in [0.4, 0.5) is 0 Å². The molecule has 5 nitrogen and oxygen atoms in total. The van der Waals surface area contributed by atoms with Crippen LogP contribution in [-0.2, 0) is 0 Å². The first-order valence-corrected chi connectivity index (χ1v) is 18.9. The first kappa shape index (κ1) is 30.8. The second-order valence-electron chi connectivity index (χ2n) is 14.4. The SMILES string of the molecule is c1ccc(-c2nc(-c3ccc4ccccc4c3)nc(-c3cccc4c3oc3c(-n5c6ccccc6c6cc7ccccc7cc65)c5ccccc5cc34)n2)cc1. The Morgan fingerprint density at radius 1 is 0.339 bits per heavy atom. The van der Waals surface area contributed by atoms with Crippen molar-refractivity contribution < 1.29 is 4.42 Å². The second kappa shape index (κ2) is 11.9. The summed E-state index contributed by atoms with van der Waals surface area (Å²) < 4.78 is 9.61. The highest BCUT2D eigenvalue weighted by Gasteiger charge is 2.23. The highest BCUT2D eigenvalue weighted by atomic mass is 16.3. The molecule has 0 N–H and O–H groups in total. The smallest absolute Gasteiger partial charge is 0.167 e. The maximum atomic E-state index is 7.21. The summed E-state index contributed by atoms with van der Waals surface area (Å²) in [7, 11) is 0. The minimum Gasteiger partial charge on any atom is -0.453 e. The maximum Gasteiger partial charge on any atom is 0.167 e. The molecule has 0 saturated heterocycles. The molecule has 0 saturated carbocycles. The number of nitrogens with zero attached hydrogens (tertiary/aromatic N) is 4. The molecule has 0 bridgehead atoms. The van der Waals surface area contributed by atoms with Gasteiger partial charge >= 0.3 is 0 Å². The van der Waals surface area contributed by atoms with E-state index in [1.54, 1.807) is 0 Å². The van der Waals surface area contributed by atoms with Gasteiger partial charge < -0.3 is 8.98 Å². The molecular formula is C51H30N4O. The molecule has 260 valence electrons. The van der Waals surface area contributed by atoms with E-state index in [1.165, 1.54) is 26.9 Å². The number of para-hydroxylation sites is 2. The molecule has 5 heteroatoms. The van der Waals surface area contributed by atoms with E-state index in [9.17, 15) is 0 Å². The highest BCUT2D eigenvalue weighted by Crippen LogP contribution is 2.44. The van der Waals surface area contributed by atoms with Gasteiger partial charge in [-0.25, -0.2) is 15.0 Å². The summed E-state index contributed by atoms with van der Waals surface area (Å²) in [5, 5.41) is 11.4. The number of furan rings is 1. The number of fused-ring (bicyclic) bond motifs is 9. The zero-order valence-electron chi connectivity index (χ0n) is 30.0. The normalized spacial score (nSPS) is 11.9. The molecule has 0 unspecified atom stereocenters. The van der Waals surface area contributed by atoms with Gasteiger partial charge in [-0.05, 0) is 63.3 Å². The predicted octanol–water partition coefficient (Wildman–Crippen LogP) is 13.3. The van der Waals surface area contributed by atoms with Gasteiger partial charge in [0.25, 0.3) is 0 Å². The topological polar surface area (TPSA) is 56.7 Å². The molecule has 0 spiro atoms. The van der Waals surface area contributed by atoms with Gasteiger partial charge in [-0.3, -0.25) is 0 Å². The molecule has 0 fully saturated rings. The van der Waals surface area contributed by atoms with E-state index in [2.05, 4.69) is 156 Å². The zero-order valence-corrected chi connectivity index (χ0v) is 30.0. The van der Waals surface area contributed by atoms with E-state index in [4.69, 9.17) is 19.4 Å². The molecular weight excluding hydrogens is 685 g/mol. The molecule has 0 aliphatic heterocycles. The number of benzene rings is 9. The minimum atomic E-state index is 0.557. The van der Waals surface area contributed by atoms with Crippen molar-refractivity contribution in [2.24, 2.45) is 0 Å². The fraction of sp³-hybridized carbons (Fsp3) is 0. The Labute approximate surface area is 320 Å². The van der Waals surface area contributed by atoms with Gasteiger partial charge in [0.15, 0.2) is 23.1 Å². The van der Waals surface area contributed by atoms with Crippen molar-refractivity contribution in [2.75, 3.05) is 0 Å². The Morgan fingerprint density at radius 2 is 0.946 bits per heavy atom. The average molecular weight is 715 g/mol. The summed E-state index contributed by atoms with van der Waals surface area (Å²) in [5.41, 5.74) is 7.47. The molecule has 12 aromatic rings. The van der Waals surface area contributed by atoms with Crippen LogP contribution in [0.2, 0.25) is 0 Å². The summed E-state index contributed by atoms with van der Waals surface area (Å²) in [4.78, 5) is 15.3. The third-order valence-electron chi connectivity index (χ3n) is 11.2. The molecule has 12 rings (SSSR count). The molecule has 9 aromatic carbocycles. The van der Waals surface area contributed by atoms with Crippen LogP contribution >= 0.6 is 0 Å². The fourth-order valence-corrected chi connectivity index (χ4v) is 8.54. The van der Waals surface area contributed by atoms with Crippen LogP contribution in [0.15, 0.2) is 186 Å². The maximum absolute atomic E-state index is 7.21. The van der Waals surface area contributed by atoms with Crippen LogP contribution in [0.1, 0.15) is 0 Å². The molecule has 3 heterocycles. The van der Waals surface area contributed by atoms with Crippen LogP contribution in [0.25, 0.3) is 116 Å². The van der Waals surface area contributed by atoms with Gasteiger partial charge in [0.2, 0.25) is 0 Å². The summed E-state index contributed by atoms with van der Waals surface area (Å²) in [6, 6.07) is 63.9. The Morgan fingerprint density at radius 3 is 1.77 bits per heavy atom. The lowest BCUT2D eigenvalue weighted by Crippen LogP contribution is -2.00. The van der Waals surface area contributed by atoms with E-state index in [0.717, 1.165) is 71.5 Å². The van der Waals surface area contributed by atoms with Crippen LogP contribution in [0.3, 0.4) is 0 Å². The number of rotatable bonds is 4. The predicted molar refractivity (Wildman–Crippen MR) is 230 cm³/mol. The average Bonchev–Trinajstić information content (AvgIpc) is 3.79. The molecule has 0 aliphatic rings. The van der Waals surface area contributed by atoms with Crippen molar-refractivity contribution >= 4 is 76.1 Å². The van der Waals surface area contributed by atoms with Gasteiger partial charge in [-0.1, -0.05) is 146 Å². The summed E-state index contributed by atoms with van der Waals surface area (Å²) in [5.74, 6) is 1.77. The van der Waals surface area contributed by atoms with E-state index in [0.29, 0.717) is 17.5 Å². The summed E-state index contributed by atoms with van der Waals surface area (Å²) >= 11 is 0. The van der Waals surface area contributed by atoms with E-state index in [1.807, 2.05) is 30.3 Å². The first-order valence-electron chi connectivity index (χ1n) is 18.9. The van der Waals surface area contributed by atoms with E-state index >= 15 is 0 Å². The monoisotopic (exact) mass is 714 g/mol. The van der Waals surface area contributed by atoms with Crippen LogP contribution < -0.4 is 0 Å². The summed E-state index contributed by atoms with van der Waals surface area (Å²) in [6.45, 7) is 0. The van der Waals surface area contributed by atoms with Crippen molar-refractivity contribution in [1.82, 2.24) is 19.5 Å². The standard InChI is InChI=1S/C51H30N4O/c1-2-14-32(15-3-1)49-52-50(37-26-25-31-13-4-5-16-33(31)27-37)54-51(53-49)41-23-12-22-40-43-29-36-19-8-9-20-38(36)46(48(43)56-47(40)41)55-44-24-11-10-21-39(44)42-28-34-17-6-7-18-35(34)30-45(42)55/h1-30H. The van der Waals surface area contributed by atoms with Crippen molar-refractivity contribution in [2.45, 2.75) is 0 Å². The molecule has 0 atom stereocenters. The van der Waals surface area contributed by atoms with Crippen LogP contribution in [0.5, 0.6) is 0 Å². The lowest BCUT2D eigenvalue weighted by atomic mass is 10.0. The van der Waals surface area contributed by atoms with Gasteiger partial charge in [-0.2, -0.15) is 0 Å². The molecule has 56 heavy (non-hydrogen) atoms. The van der Waals surface area contributed by atoms with E-state index < -0.39 is 0 Å². The second-order valence-corrected chi connectivity index (χ2v) is 14.4. The number of hydrogen-bond acceptors (Lipinski definition) is 4. The van der Waals surface area contributed by atoms with Gasteiger partial charge in [-0.15, -0.1) is 0 Å². The fourth-order valence-electron chi connectivity index (χ4n) is 8.54. The Hall–Kier alpha value is -7.63. The van der Waals surface area contributed by atoms with Crippen molar-refractivity contribution in [3.8, 4) is 39.9 Å². The van der Waals surface area contributed by atoms with Gasteiger partial charge in [0, 0.05) is 38.1 Å². The number of aromatic nitrogens is 4. The van der Waals surface area contributed by atoms with Crippen molar-refractivity contribution in [3.63, 3.8) is 0 Å². The number of hydrogen-bond donors (Lipinski definition) is 0. The third-order valence-corrected chi connectivity index (χ3v) is 11.2. The lowest BCUT2D eigenvalue weighted by Gasteiger charge is -2.13. The zero-order chi connectivity index (χ0) is 36.7. The summed E-state index contributed by atoms with van der Waals surface area (Å²) in [6.07, 6.45) is 0. The highest BCUT2D eigenvalue weighted by molar-refractivity contribution is 6.20. The van der Waals surface area contributed by atoms with Crippen LogP contribution in [0, 0.1) is 0 Å². The third kappa shape index (κ3) is 4.64. The quantitative estimate of drug-likeness (QED) is 0.182. The minimum absolute atomic E-state index is 0.557. The molecule has 0 aliphatic carbocycles. The first-order chi connectivity index (χ1) is 27.7. The van der Waals surface area contributed by atoms with Gasteiger partial charge in [0.05, 0.1) is 22.3 Å². The molecule has 0 radical (unpaired) electrons. The lowest BCUT2D eigenvalue weighted by molar-refractivity contribution is 0.667. The Kier molecular flexibility index (Phi) is 6.56. The van der Waals surface area contributed by atoms with E-state index in [-0.39, 0.29) is 0 Å². The van der Waals surface area contributed by atoms with Gasteiger partial charge in [0.1, 0.15) is 5.58 Å². The Bertz CT molecular complexity index is 3540. The largest absolute Gasteiger partial charge is 0.453 e. The molecule has 3 aromatic heterocycles.